The van der Waals surface area contributed by atoms with Crippen molar-refractivity contribution in [3.05, 3.63) is 64.1 Å². The van der Waals surface area contributed by atoms with Crippen molar-refractivity contribution in [1.29, 1.82) is 0 Å². The number of esters is 1. The van der Waals surface area contributed by atoms with Gasteiger partial charge in [0.15, 0.2) is 0 Å². The van der Waals surface area contributed by atoms with Crippen LogP contribution >= 0.6 is 23.2 Å². The lowest BCUT2D eigenvalue weighted by Crippen LogP contribution is -2.08. The van der Waals surface area contributed by atoms with Gasteiger partial charge in [0.1, 0.15) is 5.75 Å². The number of rotatable bonds is 4. The van der Waals surface area contributed by atoms with Gasteiger partial charge in [0, 0.05) is 16.5 Å². The number of carbonyl (C=O) groups excluding carboxylic acids is 1. The second kappa shape index (κ2) is 6.60. The van der Waals surface area contributed by atoms with Crippen LogP contribution in [0.3, 0.4) is 0 Å². The number of carbonyl (C=O) groups is 1. The molecule has 0 fully saturated rings. The molecule has 0 aromatic heterocycles. The van der Waals surface area contributed by atoms with Crippen molar-refractivity contribution in [2.24, 2.45) is 0 Å². The second-order valence-electron chi connectivity index (χ2n) is 4.06. The fourth-order valence-electron chi connectivity index (χ4n) is 1.65. The number of benzene rings is 2. The summed E-state index contributed by atoms with van der Waals surface area (Å²) in [6, 6.07) is 14.2. The third-order valence-electron chi connectivity index (χ3n) is 2.53. The largest absolute Gasteiger partial charge is 0.426 e. The minimum absolute atomic E-state index is 0.290. The van der Waals surface area contributed by atoms with Crippen molar-refractivity contribution >= 4 is 29.2 Å². The molecule has 19 heavy (non-hydrogen) atoms. The molecule has 2 aromatic rings. The molecule has 0 spiro atoms. The first-order valence-electron chi connectivity index (χ1n) is 5.84. The maximum atomic E-state index is 11.7. The Morgan fingerprint density at radius 1 is 1.00 bits per heavy atom. The summed E-state index contributed by atoms with van der Waals surface area (Å²) in [6.07, 6.45) is 0.896. The van der Waals surface area contributed by atoms with Crippen molar-refractivity contribution < 1.29 is 9.53 Å². The number of halogens is 2. The molecule has 0 aliphatic rings. The predicted octanol–water partition coefficient (Wildman–Crippen LogP) is 4.53. The molecule has 2 aromatic carbocycles. The van der Waals surface area contributed by atoms with Gasteiger partial charge in [-0.25, -0.2) is 0 Å². The molecule has 0 heterocycles. The fourth-order valence-corrected chi connectivity index (χ4v) is 2.04. The average Bonchev–Trinajstić information content (AvgIpc) is 2.36. The van der Waals surface area contributed by atoms with Crippen molar-refractivity contribution in [2.75, 3.05) is 0 Å². The standard InChI is InChI=1S/C15H12Cl2O2/c16-12-4-1-3-11(9-12)7-8-15(18)19-14-6-2-5-13(17)10-14/h1-6,9-10H,7-8H2. The lowest BCUT2D eigenvalue weighted by molar-refractivity contribution is -0.134. The van der Waals surface area contributed by atoms with E-state index in [4.69, 9.17) is 27.9 Å². The van der Waals surface area contributed by atoms with Crippen LogP contribution in [0.15, 0.2) is 48.5 Å². The summed E-state index contributed by atoms with van der Waals surface area (Å²) in [5, 5.41) is 1.21. The smallest absolute Gasteiger partial charge is 0.311 e. The molecule has 0 saturated heterocycles. The third kappa shape index (κ3) is 4.58. The van der Waals surface area contributed by atoms with Crippen molar-refractivity contribution in [3.8, 4) is 5.75 Å². The van der Waals surface area contributed by atoms with Gasteiger partial charge in [0.05, 0.1) is 0 Å². The number of hydrogen-bond acceptors (Lipinski definition) is 2. The molecule has 0 aliphatic carbocycles. The van der Waals surface area contributed by atoms with Crippen LogP contribution < -0.4 is 4.74 Å². The Morgan fingerprint density at radius 3 is 2.37 bits per heavy atom. The van der Waals surface area contributed by atoms with E-state index in [0.717, 1.165) is 5.56 Å². The normalized spacial score (nSPS) is 10.2. The second-order valence-corrected chi connectivity index (χ2v) is 4.93. The quantitative estimate of drug-likeness (QED) is 0.612. The van der Waals surface area contributed by atoms with E-state index < -0.39 is 0 Å². The van der Waals surface area contributed by atoms with Crippen LogP contribution in [0, 0.1) is 0 Å². The molecule has 0 radical (unpaired) electrons. The first-order chi connectivity index (χ1) is 9.13. The zero-order valence-electron chi connectivity index (χ0n) is 10.1. The van der Waals surface area contributed by atoms with E-state index in [2.05, 4.69) is 0 Å². The Morgan fingerprint density at radius 2 is 1.68 bits per heavy atom. The van der Waals surface area contributed by atoms with Gasteiger partial charge in [-0.05, 0) is 42.3 Å². The molecule has 0 N–H and O–H groups in total. The molecule has 0 saturated carbocycles. The van der Waals surface area contributed by atoms with Crippen LogP contribution in [-0.4, -0.2) is 5.97 Å². The Labute approximate surface area is 121 Å². The van der Waals surface area contributed by atoms with E-state index in [0.29, 0.717) is 28.6 Å². The van der Waals surface area contributed by atoms with E-state index in [-0.39, 0.29) is 5.97 Å². The highest BCUT2D eigenvalue weighted by Crippen LogP contribution is 2.18. The Kier molecular flexibility index (Phi) is 4.83. The molecule has 0 aliphatic heterocycles. The van der Waals surface area contributed by atoms with Gasteiger partial charge >= 0.3 is 5.97 Å². The van der Waals surface area contributed by atoms with Gasteiger partial charge < -0.3 is 4.74 Å². The van der Waals surface area contributed by atoms with Crippen molar-refractivity contribution in [2.45, 2.75) is 12.8 Å². The summed E-state index contributed by atoms with van der Waals surface area (Å²) < 4.78 is 5.19. The maximum Gasteiger partial charge on any atom is 0.311 e. The van der Waals surface area contributed by atoms with E-state index in [9.17, 15) is 4.79 Å². The number of aryl methyl sites for hydroxylation is 1. The SMILES string of the molecule is O=C(CCc1cccc(Cl)c1)Oc1cccc(Cl)c1. The minimum atomic E-state index is -0.290. The summed E-state index contributed by atoms with van der Waals surface area (Å²) in [4.78, 5) is 11.7. The van der Waals surface area contributed by atoms with Crippen LogP contribution in [0.25, 0.3) is 0 Å². The highest BCUT2D eigenvalue weighted by atomic mass is 35.5. The molecule has 0 amide bonds. The van der Waals surface area contributed by atoms with Crippen molar-refractivity contribution in [3.63, 3.8) is 0 Å². The third-order valence-corrected chi connectivity index (χ3v) is 3.00. The Balaban J connectivity index is 1.88. The highest BCUT2D eigenvalue weighted by Gasteiger charge is 2.06. The van der Waals surface area contributed by atoms with E-state index >= 15 is 0 Å². The van der Waals surface area contributed by atoms with Crippen LogP contribution in [-0.2, 0) is 11.2 Å². The zero-order chi connectivity index (χ0) is 13.7. The van der Waals surface area contributed by atoms with Crippen LogP contribution in [0.4, 0.5) is 0 Å². The lowest BCUT2D eigenvalue weighted by atomic mass is 10.1. The summed E-state index contributed by atoms with van der Waals surface area (Å²) in [5.74, 6) is 0.172. The summed E-state index contributed by atoms with van der Waals surface area (Å²) >= 11 is 11.7. The maximum absolute atomic E-state index is 11.7. The van der Waals surface area contributed by atoms with Crippen LogP contribution in [0.2, 0.25) is 10.0 Å². The summed E-state index contributed by atoms with van der Waals surface area (Å²) in [7, 11) is 0. The van der Waals surface area contributed by atoms with Crippen LogP contribution in [0.1, 0.15) is 12.0 Å². The number of ether oxygens (including phenoxy) is 1. The molecule has 2 rings (SSSR count). The first kappa shape index (κ1) is 13.9. The summed E-state index contributed by atoms with van der Waals surface area (Å²) in [5.41, 5.74) is 1.01. The highest BCUT2D eigenvalue weighted by molar-refractivity contribution is 6.30. The number of hydrogen-bond donors (Lipinski definition) is 0. The van der Waals surface area contributed by atoms with E-state index in [1.807, 2.05) is 18.2 Å². The Hall–Kier alpha value is -1.51. The minimum Gasteiger partial charge on any atom is -0.426 e. The summed E-state index contributed by atoms with van der Waals surface area (Å²) in [6.45, 7) is 0. The van der Waals surface area contributed by atoms with E-state index in [1.165, 1.54) is 0 Å². The topological polar surface area (TPSA) is 26.3 Å². The molecule has 4 heteroatoms. The zero-order valence-corrected chi connectivity index (χ0v) is 11.6. The molecule has 98 valence electrons. The molecular weight excluding hydrogens is 283 g/mol. The Bertz CT molecular complexity index is 582. The first-order valence-corrected chi connectivity index (χ1v) is 6.60. The van der Waals surface area contributed by atoms with E-state index in [1.54, 1.807) is 30.3 Å². The average molecular weight is 295 g/mol. The van der Waals surface area contributed by atoms with Gasteiger partial charge in [-0.15, -0.1) is 0 Å². The monoisotopic (exact) mass is 294 g/mol. The van der Waals surface area contributed by atoms with Gasteiger partial charge in [0.2, 0.25) is 0 Å². The lowest BCUT2D eigenvalue weighted by Gasteiger charge is -2.05. The van der Waals surface area contributed by atoms with Gasteiger partial charge in [-0.1, -0.05) is 41.4 Å². The molecule has 0 bridgehead atoms. The molecular formula is C15H12Cl2O2. The molecule has 0 atom stereocenters. The van der Waals surface area contributed by atoms with Crippen molar-refractivity contribution in [1.82, 2.24) is 0 Å². The molecule has 0 unspecified atom stereocenters. The van der Waals surface area contributed by atoms with Gasteiger partial charge in [0.25, 0.3) is 0 Å². The predicted molar refractivity (Wildman–Crippen MR) is 76.9 cm³/mol. The van der Waals surface area contributed by atoms with Gasteiger partial charge in [-0.3, -0.25) is 4.79 Å². The molecule has 2 nitrogen and oxygen atoms in total. The van der Waals surface area contributed by atoms with Gasteiger partial charge in [-0.2, -0.15) is 0 Å². The van der Waals surface area contributed by atoms with Crippen LogP contribution in [0.5, 0.6) is 5.75 Å². The fraction of sp³-hybridized carbons (Fsp3) is 0.133.